The molecule has 1 atom stereocenters. The van der Waals surface area contributed by atoms with E-state index in [1.54, 1.807) is 18.5 Å². The van der Waals surface area contributed by atoms with Gasteiger partial charge in [0.25, 0.3) is 0 Å². The summed E-state index contributed by atoms with van der Waals surface area (Å²) in [5.74, 6) is 0.786. The van der Waals surface area contributed by atoms with Crippen molar-refractivity contribution < 1.29 is 14.3 Å². The fourth-order valence-corrected chi connectivity index (χ4v) is 3.65. The van der Waals surface area contributed by atoms with E-state index in [4.69, 9.17) is 9.47 Å². The molecule has 2 aromatic rings. The van der Waals surface area contributed by atoms with Gasteiger partial charge in [0.15, 0.2) is 0 Å². The highest BCUT2D eigenvalue weighted by atomic mass is 16.5. The van der Waals surface area contributed by atoms with E-state index in [1.165, 1.54) is 0 Å². The van der Waals surface area contributed by atoms with Crippen LogP contribution >= 0.6 is 0 Å². The molecule has 4 rings (SSSR count). The van der Waals surface area contributed by atoms with Crippen molar-refractivity contribution in [2.75, 3.05) is 50.9 Å². The van der Waals surface area contributed by atoms with Crippen molar-refractivity contribution in [3.8, 4) is 0 Å². The van der Waals surface area contributed by atoms with Gasteiger partial charge in [-0.15, -0.1) is 0 Å². The Morgan fingerprint density at radius 3 is 2.67 bits per heavy atom. The molecule has 1 aromatic heterocycles. The van der Waals surface area contributed by atoms with Crippen molar-refractivity contribution in [1.82, 2.24) is 14.9 Å². The molecular formula is C20H24N4O3. The fraction of sp³-hybridized carbons (Fsp3) is 0.450. The van der Waals surface area contributed by atoms with Crippen LogP contribution in [0.25, 0.3) is 0 Å². The summed E-state index contributed by atoms with van der Waals surface area (Å²) < 4.78 is 12.0. The standard InChI is InChI=1S/C20H24N4O3/c25-18(13-17-5-2-1-3-6-17)23-10-12-27-20(14-23)15-24(9-11-26-16-20)19-21-7-4-8-22-19/h1-8H,9-16H2. The number of anilines is 1. The minimum Gasteiger partial charge on any atom is -0.376 e. The van der Waals surface area contributed by atoms with Crippen LogP contribution in [0.15, 0.2) is 48.8 Å². The Bertz CT molecular complexity index is 758. The van der Waals surface area contributed by atoms with Gasteiger partial charge in [0.2, 0.25) is 11.9 Å². The van der Waals surface area contributed by atoms with Gasteiger partial charge in [0.05, 0.1) is 39.3 Å². The summed E-state index contributed by atoms with van der Waals surface area (Å²) in [6.45, 7) is 3.98. The molecule has 0 bridgehead atoms. The van der Waals surface area contributed by atoms with Crippen molar-refractivity contribution in [1.29, 1.82) is 0 Å². The molecule has 2 fully saturated rings. The SMILES string of the molecule is O=C(Cc1ccccc1)N1CCOC2(COCCN(c3ncccn3)C2)C1. The Hall–Kier alpha value is -2.51. The lowest BCUT2D eigenvalue weighted by atomic mass is 10.0. The highest BCUT2D eigenvalue weighted by Crippen LogP contribution is 2.25. The highest BCUT2D eigenvalue weighted by molar-refractivity contribution is 5.79. The molecule has 27 heavy (non-hydrogen) atoms. The summed E-state index contributed by atoms with van der Waals surface area (Å²) in [5.41, 5.74) is 0.472. The topological polar surface area (TPSA) is 67.8 Å². The predicted octanol–water partition coefficient (Wildman–Crippen LogP) is 1.15. The summed E-state index contributed by atoms with van der Waals surface area (Å²) in [5, 5.41) is 0. The Morgan fingerprint density at radius 1 is 1.04 bits per heavy atom. The number of benzene rings is 1. The first-order valence-electron chi connectivity index (χ1n) is 9.30. The molecule has 3 heterocycles. The van der Waals surface area contributed by atoms with Gasteiger partial charge in [0, 0.05) is 25.5 Å². The van der Waals surface area contributed by atoms with Crippen LogP contribution in [-0.2, 0) is 20.7 Å². The van der Waals surface area contributed by atoms with Crippen molar-refractivity contribution in [2.45, 2.75) is 12.0 Å². The lowest BCUT2D eigenvalue weighted by Crippen LogP contribution is -2.60. The Morgan fingerprint density at radius 2 is 1.85 bits per heavy atom. The van der Waals surface area contributed by atoms with Crippen molar-refractivity contribution in [3.05, 3.63) is 54.4 Å². The van der Waals surface area contributed by atoms with Gasteiger partial charge < -0.3 is 19.3 Å². The van der Waals surface area contributed by atoms with Crippen molar-refractivity contribution in [2.24, 2.45) is 0 Å². The summed E-state index contributed by atoms with van der Waals surface area (Å²) in [4.78, 5) is 25.5. The molecule has 1 amide bonds. The second-order valence-electron chi connectivity index (χ2n) is 7.03. The van der Waals surface area contributed by atoms with Crippen LogP contribution in [0.5, 0.6) is 0 Å². The zero-order chi connectivity index (χ0) is 18.5. The van der Waals surface area contributed by atoms with E-state index in [9.17, 15) is 4.79 Å². The summed E-state index contributed by atoms with van der Waals surface area (Å²) >= 11 is 0. The van der Waals surface area contributed by atoms with Gasteiger partial charge in [-0.25, -0.2) is 9.97 Å². The lowest BCUT2D eigenvalue weighted by molar-refractivity contribution is -0.157. The van der Waals surface area contributed by atoms with E-state index >= 15 is 0 Å². The predicted molar refractivity (Wildman–Crippen MR) is 100 cm³/mol. The molecular weight excluding hydrogens is 344 g/mol. The monoisotopic (exact) mass is 368 g/mol. The number of aromatic nitrogens is 2. The quantitative estimate of drug-likeness (QED) is 0.810. The van der Waals surface area contributed by atoms with Crippen molar-refractivity contribution in [3.63, 3.8) is 0 Å². The minimum absolute atomic E-state index is 0.121. The van der Waals surface area contributed by atoms with Gasteiger partial charge in [-0.3, -0.25) is 4.79 Å². The van der Waals surface area contributed by atoms with Gasteiger partial charge >= 0.3 is 0 Å². The van der Waals surface area contributed by atoms with Gasteiger partial charge in [-0.2, -0.15) is 0 Å². The normalized spacial score (nSPS) is 23.3. The molecule has 0 radical (unpaired) electrons. The second-order valence-corrected chi connectivity index (χ2v) is 7.03. The van der Waals surface area contributed by atoms with Crippen LogP contribution in [0.3, 0.4) is 0 Å². The minimum atomic E-state index is -0.555. The lowest BCUT2D eigenvalue weighted by Gasteiger charge is -2.43. The van der Waals surface area contributed by atoms with Gasteiger partial charge in [-0.1, -0.05) is 30.3 Å². The van der Waals surface area contributed by atoms with E-state index in [0.29, 0.717) is 58.4 Å². The highest BCUT2D eigenvalue weighted by Gasteiger charge is 2.42. The smallest absolute Gasteiger partial charge is 0.227 e. The van der Waals surface area contributed by atoms with E-state index in [1.807, 2.05) is 35.2 Å². The molecule has 1 aromatic carbocycles. The molecule has 142 valence electrons. The maximum absolute atomic E-state index is 12.8. The van der Waals surface area contributed by atoms with E-state index in [2.05, 4.69) is 14.9 Å². The molecule has 0 N–H and O–H groups in total. The van der Waals surface area contributed by atoms with E-state index in [-0.39, 0.29) is 5.91 Å². The third kappa shape index (κ3) is 4.26. The number of nitrogens with zero attached hydrogens (tertiary/aromatic N) is 4. The molecule has 7 heteroatoms. The number of carbonyl (C=O) groups is 1. The summed E-state index contributed by atoms with van der Waals surface area (Å²) in [6.07, 6.45) is 3.87. The molecule has 1 spiro atoms. The van der Waals surface area contributed by atoms with Crippen molar-refractivity contribution >= 4 is 11.9 Å². The number of carbonyl (C=O) groups excluding carboxylic acids is 1. The number of hydrogen-bond acceptors (Lipinski definition) is 6. The molecule has 0 saturated carbocycles. The Kier molecular flexibility index (Phi) is 5.31. The summed E-state index contributed by atoms with van der Waals surface area (Å²) in [6, 6.07) is 11.6. The number of rotatable bonds is 3. The van der Waals surface area contributed by atoms with Crippen LogP contribution in [0, 0.1) is 0 Å². The molecule has 2 aliphatic rings. The van der Waals surface area contributed by atoms with E-state index < -0.39 is 5.60 Å². The van der Waals surface area contributed by atoms with Crippen LogP contribution in [0.1, 0.15) is 5.56 Å². The molecule has 7 nitrogen and oxygen atoms in total. The van der Waals surface area contributed by atoms with Crippen LogP contribution in [0.2, 0.25) is 0 Å². The number of morpholine rings is 1. The third-order valence-corrected chi connectivity index (χ3v) is 4.98. The number of ether oxygens (including phenoxy) is 2. The molecule has 2 aliphatic heterocycles. The largest absolute Gasteiger partial charge is 0.376 e. The van der Waals surface area contributed by atoms with E-state index in [0.717, 1.165) is 5.56 Å². The maximum Gasteiger partial charge on any atom is 0.227 e. The average Bonchev–Trinajstić information content (AvgIpc) is 2.92. The van der Waals surface area contributed by atoms with Gasteiger partial charge in [-0.05, 0) is 11.6 Å². The Balaban J connectivity index is 1.47. The molecule has 2 saturated heterocycles. The third-order valence-electron chi connectivity index (χ3n) is 4.98. The fourth-order valence-electron chi connectivity index (χ4n) is 3.65. The number of amides is 1. The maximum atomic E-state index is 12.8. The zero-order valence-corrected chi connectivity index (χ0v) is 15.3. The first-order valence-corrected chi connectivity index (χ1v) is 9.30. The first kappa shape index (κ1) is 17.9. The first-order chi connectivity index (χ1) is 13.2. The van der Waals surface area contributed by atoms with Gasteiger partial charge in [0.1, 0.15) is 5.60 Å². The van der Waals surface area contributed by atoms with Crippen LogP contribution in [-0.4, -0.2) is 72.4 Å². The Labute approximate surface area is 158 Å². The van der Waals surface area contributed by atoms with Crippen LogP contribution in [0.4, 0.5) is 5.95 Å². The number of hydrogen-bond donors (Lipinski definition) is 0. The molecule has 1 unspecified atom stereocenters. The zero-order valence-electron chi connectivity index (χ0n) is 15.3. The average molecular weight is 368 g/mol. The van der Waals surface area contributed by atoms with Crippen LogP contribution < -0.4 is 4.90 Å². The molecule has 0 aliphatic carbocycles. The summed E-state index contributed by atoms with van der Waals surface area (Å²) in [7, 11) is 0. The second kappa shape index (κ2) is 8.02.